The van der Waals surface area contributed by atoms with Crippen molar-refractivity contribution < 1.29 is 41.4 Å². The number of benzene rings is 2. The van der Waals surface area contributed by atoms with Gasteiger partial charge in [0.15, 0.2) is 17.2 Å². The summed E-state index contributed by atoms with van der Waals surface area (Å²) < 4.78 is 57.3. The largest absolute Gasteiger partial charge is 0.477 e. The van der Waals surface area contributed by atoms with Gasteiger partial charge in [-0.05, 0) is 81.0 Å². The number of carboxylic acid groups (broad SMARTS) is 1. The number of aromatic nitrogens is 3. The number of hydrogen-bond acceptors (Lipinski definition) is 9. The number of nitrogens with two attached hydrogens (primary N) is 1. The molecule has 2 aromatic heterocycles. The summed E-state index contributed by atoms with van der Waals surface area (Å²) in [4.78, 5) is 40.7. The minimum absolute atomic E-state index is 0. The zero-order valence-electron chi connectivity index (χ0n) is 26.6. The van der Waals surface area contributed by atoms with Crippen molar-refractivity contribution in [2.45, 2.75) is 58.7 Å². The Morgan fingerprint density at radius 1 is 1.12 bits per heavy atom. The first kappa shape index (κ1) is 37.8. The Labute approximate surface area is 281 Å². The number of esters is 1. The monoisotopic (exact) mass is 708 g/mol. The number of ether oxygens (including phenoxy) is 1. The molecule has 5 N–H and O–H groups in total. The molecule has 13 nitrogen and oxygen atoms in total. The van der Waals surface area contributed by atoms with Crippen LogP contribution in [0.15, 0.2) is 42.6 Å². The van der Waals surface area contributed by atoms with Gasteiger partial charge in [0.25, 0.3) is 5.91 Å². The summed E-state index contributed by atoms with van der Waals surface area (Å²) in [6.45, 7) is 7.49. The molecule has 2 heterocycles. The van der Waals surface area contributed by atoms with Gasteiger partial charge in [-0.15, -0.1) is 12.4 Å². The quantitative estimate of drug-likeness (QED) is 0.201. The van der Waals surface area contributed by atoms with Crippen LogP contribution in [-0.4, -0.2) is 57.8 Å². The third-order valence-electron chi connectivity index (χ3n) is 7.06. The van der Waals surface area contributed by atoms with E-state index in [1.807, 2.05) is 6.92 Å². The maximum Gasteiger partial charge on any atom is 0.354 e. The summed E-state index contributed by atoms with van der Waals surface area (Å²) in [5, 5.41) is 16.0. The Hall–Kier alpha value is -4.67. The summed E-state index contributed by atoms with van der Waals surface area (Å²) in [6.07, 6.45) is 3.07. The third kappa shape index (κ3) is 8.81. The van der Waals surface area contributed by atoms with Crippen LogP contribution in [0.4, 0.5) is 14.5 Å². The fourth-order valence-corrected chi connectivity index (χ4v) is 5.56. The fourth-order valence-electron chi connectivity index (χ4n) is 5.00. The van der Waals surface area contributed by atoms with Gasteiger partial charge in [-0.3, -0.25) is 9.52 Å². The molecule has 17 heteroatoms. The normalized spacial score (nSPS) is 13.9. The lowest BCUT2D eigenvalue weighted by atomic mass is 9.97. The highest BCUT2D eigenvalue weighted by Crippen LogP contribution is 2.35. The van der Waals surface area contributed by atoms with Crippen molar-refractivity contribution in [2.75, 3.05) is 11.0 Å². The van der Waals surface area contributed by atoms with Gasteiger partial charge in [0, 0.05) is 12.6 Å². The molecule has 0 saturated heterocycles. The van der Waals surface area contributed by atoms with Gasteiger partial charge in [0.05, 0.1) is 29.7 Å². The molecule has 4 aromatic rings. The summed E-state index contributed by atoms with van der Waals surface area (Å²) in [6, 6.07) is 8.22. The van der Waals surface area contributed by atoms with Crippen molar-refractivity contribution in [1.29, 1.82) is 0 Å². The molecule has 0 radical (unpaired) electrons. The van der Waals surface area contributed by atoms with E-state index in [1.54, 1.807) is 32.9 Å². The van der Waals surface area contributed by atoms with Crippen molar-refractivity contribution in [3.63, 3.8) is 0 Å². The number of fused-ring (bicyclic) bond motifs is 2. The van der Waals surface area contributed by atoms with E-state index in [-0.39, 0.29) is 42.0 Å². The molecule has 2 aromatic carbocycles. The zero-order chi connectivity index (χ0) is 34.8. The first-order valence-corrected chi connectivity index (χ1v) is 16.2. The van der Waals surface area contributed by atoms with Crippen molar-refractivity contribution >= 4 is 51.6 Å². The van der Waals surface area contributed by atoms with E-state index in [0.29, 0.717) is 24.0 Å². The molecule has 1 aliphatic rings. The lowest BCUT2D eigenvalue weighted by Gasteiger charge is -2.21. The van der Waals surface area contributed by atoms with E-state index in [0.717, 1.165) is 39.7 Å². The van der Waals surface area contributed by atoms with Crippen LogP contribution in [0.2, 0.25) is 0 Å². The van der Waals surface area contributed by atoms with E-state index in [2.05, 4.69) is 20.1 Å². The number of carbonyl (C=O) groups is 3. The van der Waals surface area contributed by atoms with Gasteiger partial charge in [-0.1, -0.05) is 12.1 Å². The number of halogens is 3. The maximum absolute atomic E-state index is 14.0. The number of hydrogen-bond donors (Lipinski definition) is 4. The second-order valence-electron chi connectivity index (χ2n) is 11.8. The summed E-state index contributed by atoms with van der Waals surface area (Å²) in [7, 11) is -3.46. The number of carbonyl (C=O) groups excluding carboxylic acids is 2. The zero-order valence-corrected chi connectivity index (χ0v) is 28.3. The molecule has 0 aliphatic heterocycles. The van der Waals surface area contributed by atoms with Gasteiger partial charge in [-0.25, -0.2) is 36.3 Å². The highest BCUT2D eigenvalue weighted by atomic mass is 35.5. The van der Waals surface area contributed by atoms with E-state index in [1.165, 1.54) is 18.2 Å². The number of aromatic carboxylic acids is 1. The minimum Gasteiger partial charge on any atom is -0.477 e. The van der Waals surface area contributed by atoms with Crippen molar-refractivity contribution in [2.24, 2.45) is 5.73 Å². The van der Waals surface area contributed by atoms with E-state index < -0.39 is 50.8 Å². The Kier molecular flexibility index (Phi) is 11.5. The molecule has 1 amide bonds. The highest BCUT2D eigenvalue weighted by Gasteiger charge is 2.30. The number of amides is 1. The number of anilines is 1. The number of nitrogens with zero attached hydrogens (tertiary/aromatic N) is 3. The molecular formula is C31H35ClF2N6O7S. The number of rotatable bonds is 7. The van der Waals surface area contributed by atoms with Crippen molar-refractivity contribution in [3.8, 4) is 0 Å². The first-order valence-electron chi connectivity index (χ1n) is 14.3. The number of sulfonamides is 1. The first-order chi connectivity index (χ1) is 21.9. The summed E-state index contributed by atoms with van der Waals surface area (Å²) in [5.41, 5.74) is 7.46. The van der Waals surface area contributed by atoms with Crippen molar-refractivity contribution in [1.82, 2.24) is 19.9 Å². The smallest absolute Gasteiger partial charge is 0.354 e. The van der Waals surface area contributed by atoms with Crippen LogP contribution < -0.4 is 15.8 Å². The molecular weight excluding hydrogens is 674 g/mol. The molecule has 0 saturated carbocycles. The molecule has 0 fully saturated rings. The SMILES string of the molecule is CS(=O)(=O)Nc1cc(CN)ccc1F.Cc1c(C(=O)OC(C)(C)C)ccc2c1CC[C@@H]2NC(=O)c1cc(C(=O)O)nc2c(F)cnn12.Cl. The molecule has 258 valence electrons. The van der Waals surface area contributed by atoms with Gasteiger partial charge >= 0.3 is 11.9 Å². The second-order valence-corrected chi connectivity index (χ2v) is 13.6. The van der Waals surface area contributed by atoms with E-state index in [9.17, 15) is 36.7 Å². The van der Waals surface area contributed by atoms with Crippen molar-refractivity contribution in [3.05, 3.63) is 93.4 Å². The Bertz CT molecular complexity index is 2000. The van der Waals surface area contributed by atoms with Crippen LogP contribution in [0.1, 0.15) is 86.8 Å². The molecule has 0 spiro atoms. The Morgan fingerprint density at radius 3 is 2.42 bits per heavy atom. The standard InChI is InChI=1S/C23H23FN4O5.C8H11FN2O2S.ClH/c1-11-12-7-8-16(14(12)6-5-13(11)22(32)33-23(2,3)4)27-20(29)18-9-17(21(30)31)26-19-15(24)10-25-28(18)19;1-14(12,13)11-8-4-6(5-10)2-3-7(8)9;/h5-6,9-10,16H,7-8H2,1-4H3,(H,27,29)(H,30,31);2-4,11H,5,10H2,1H3;1H/t16-;;/m0../s1. The van der Waals surface area contributed by atoms with Crippen LogP contribution in [0.25, 0.3) is 5.65 Å². The predicted octanol–water partition coefficient (Wildman–Crippen LogP) is 4.33. The topological polar surface area (TPSA) is 195 Å². The highest BCUT2D eigenvalue weighted by molar-refractivity contribution is 7.92. The molecule has 48 heavy (non-hydrogen) atoms. The average molecular weight is 709 g/mol. The number of carboxylic acids is 1. The number of nitrogens with one attached hydrogen (secondary N) is 2. The van der Waals surface area contributed by atoms with E-state index in [4.69, 9.17) is 10.5 Å². The third-order valence-corrected chi connectivity index (χ3v) is 7.65. The minimum atomic E-state index is -3.46. The van der Waals surface area contributed by atoms with Crippen LogP contribution in [-0.2, 0) is 27.7 Å². The molecule has 1 aliphatic carbocycles. The Balaban J connectivity index is 0.000000351. The van der Waals surface area contributed by atoms with Gasteiger partial charge in [-0.2, -0.15) is 5.10 Å². The van der Waals surface area contributed by atoms with Crippen LogP contribution in [0.5, 0.6) is 0 Å². The fraction of sp³-hybridized carbons (Fsp3) is 0.323. The van der Waals surface area contributed by atoms with Crippen LogP contribution in [0, 0.1) is 18.6 Å². The lowest BCUT2D eigenvalue weighted by Crippen LogP contribution is -2.29. The average Bonchev–Trinajstić information content (AvgIpc) is 3.56. The van der Waals surface area contributed by atoms with Crippen LogP contribution in [0.3, 0.4) is 0 Å². The second kappa shape index (κ2) is 14.6. The van der Waals surface area contributed by atoms with E-state index >= 15 is 0 Å². The summed E-state index contributed by atoms with van der Waals surface area (Å²) in [5.74, 6) is -3.85. The maximum atomic E-state index is 14.0. The lowest BCUT2D eigenvalue weighted by molar-refractivity contribution is 0.00682. The van der Waals surface area contributed by atoms with Gasteiger partial charge in [0.1, 0.15) is 17.1 Å². The predicted molar refractivity (Wildman–Crippen MR) is 175 cm³/mol. The van der Waals surface area contributed by atoms with Crippen LogP contribution >= 0.6 is 12.4 Å². The molecule has 0 unspecified atom stereocenters. The molecule has 5 rings (SSSR count). The molecule has 1 atom stereocenters. The van der Waals surface area contributed by atoms with Gasteiger partial charge in [0.2, 0.25) is 10.0 Å². The Morgan fingerprint density at radius 2 is 1.81 bits per heavy atom. The van der Waals surface area contributed by atoms with Gasteiger partial charge < -0.3 is 20.9 Å². The molecule has 0 bridgehead atoms. The summed E-state index contributed by atoms with van der Waals surface area (Å²) >= 11 is 0.